The van der Waals surface area contributed by atoms with Gasteiger partial charge in [0.25, 0.3) is 0 Å². The van der Waals surface area contributed by atoms with E-state index in [9.17, 15) is 9.18 Å². The van der Waals surface area contributed by atoms with Gasteiger partial charge in [-0.1, -0.05) is 24.3 Å². The van der Waals surface area contributed by atoms with Crippen LogP contribution in [0.15, 0.2) is 48.5 Å². The van der Waals surface area contributed by atoms with Gasteiger partial charge in [-0.2, -0.15) is 0 Å². The largest absolute Gasteiger partial charge is 0.494 e. The van der Waals surface area contributed by atoms with Gasteiger partial charge < -0.3 is 15.0 Å². The van der Waals surface area contributed by atoms with Crippen LogP contribution in [-0.4, -0.2) is 37.0 Å². The van der Waals surface area contributed by atoms with Crippen LogP contribution in [0.1, 0.15) is 30.5 Å². The molecule has 4 nitrogen and oxygen atoms in total. The van der Waals surface area contributed by atoms with Gasteiger partial charge in [-0.25, -0.2) is 4.39 Å². The van der Waals surface area contributed by atoms with Crippen molar-refractivity contribution in [3.63, 3.8) is 0 Å². The molecule has 2 aromatic rings. The van der Waals surface area contributed by atoms with E-state index in [0.717, 1.165) is 23.4 Å². The van der Waals surface area contributed by atoms with Crippen molar-refractivity contribution in [3.8, 4) is 5.75 Å². The zero-order valence-corrected chi connectivity index (χ0v) is 15.1. The van der Waals surface area contributed by atoms with Crippen molar-refractivity contribution >= 4 is 5.91 Å². The number of nitrogens with one attached hydrogen (secondary N) is 1. The van der Waals surface area contributed by atoms with E-state index in [-0.39, 0.29) is 17.8 Å². The van der Waals surface area contributed by atoms with Crippen LogP contribution in [0.5, 0.6) is 5.75 Å². The molecule has 1 amide bonds. The third-order valence-electron chi connectivity index (χ3n) is 4.66. The summed E-state index contributed by atoms with van der Waals surface area (Å²) in [4.78, 5) is 14.7. The number of aryl methyl sites for hydroxylation is 1. The Morgan fingerprint density at radius 1 is 1.27 bits per heavy atom. The summed E-state index contributed by atoms with van der Waals surface area (Å²) < 4.78 is 19.0. The molecule has 0 spiro atoms. The highest BCUT2D eigenvalue weighted by atomic mass is 19.1. The zero-order chi connectivity index (χ0) is 18.4. The summed E-state index contributed by atoms with van der Waals surface area (Å²) in [5, 5.41) is 3.30. The molecule has 1 saturated heterocycles. The van der Waals surface area contributed by atoms with Crippen molar-refractivity contribution in [2.24, 2.45) is 0 Å². The number of halogens is 1. The number of amides is 1. The Morgan fingerprint density at radius 2 is 2.08 bits per heavy atom. The van der Waals surface area contributed by atoms with Crippen molar-refractivity contribution in [1.29, 1.82) is 0 Å². The summed E-state index contributed by atoms with van der Waals surface area (Å²) in [5.74, 6) is 0.681. The highest BCUT2D eigenvalue weighted by molar-refractivity contribution is 5.77. The second-order valence-electron chi connectivity index (χ2n) is 6.44. The summed E-state index contributed by atoms with van der Waals surface area (Å²) in [6, 6.07) is 14.3. The van der Waals surface area contributed by atoms with Crippen molar-refractivity contribution in [3.05, 3.63) is 65.5 Å². The summed E-state index contributed by atoms with van der Waals surface area (Å²) >= 11 is 0. The van der Waals surface area contributed by atoms with Gasteiger partial charge in [0, 0.05) is 26.1 Å². The Morgan fingerprint density at radius 3 is 2.81 bits per heavy atom. The first kappa shape index (κ1) is 18.4. The lowest BCUT2D eigenvalue weighted by Gasteiger charge is -2.36. The molecule has 0 saturated carbocycles. The Hall–Kier alpha value is -2.40. The third kappa shape index (κ3) is 4.61. The fourth-order valence-corrected chi connectivity index (χ4v) is 3.33. The van der Waals surface area contributed by atoms with E-state index < -0.39 is 0 Å². The number of piperazine rings is 1. The maximum Gasteiger partial charge on any atom is 0.223 e. The average molecular weight is 356 g/mol. The van der Waals surface area contributed by atoms with E-state index in [1.165, 1.54) is 12.1 Å². The SMILES string of the molecule is CCOc1ccc(CCC(=O)N2CCNCC2c2cccc(F)c2)cc1. The van der Waals surface area contributed by atoms with Crippen LogP contribution in [0.2, 0.25) is 0 Å². The quantitative estimate of drug-likeness (QED) is 0.863. The number of carbonyl (C=O) groups excluding carboxylic acids is 1. The molecule has 1 unspecified atom stereocenters. The Labute approximate surface area is 154 Å². The Kier molecular flexibility index (Phi) is 6.23. The van der Waals surface area contributed by atoms with Crippen LogP contribution in [0.4, 0.5) is 4.39 Å². The summed E-state index contributed by atoms with van der Waals surface area (Å²) in [5.41, 5.74) is 1.95. The average Bonchev–Trinajstić information content (AvgIpc) is 2.67. The van der Waals surface area contributed by atoms with Crippen LogP contribution < -0.4 is 10.1 Å². The monoisotopic (exact) mass is 356 g/mol. The fourth-order valence-electron chi connectivity index (χ4n) is 3.33. The molecule has 5 heteroatoms. The molecule has 1 heterocycles. The highest BCUT2D eigenvalue weighted by Gasteiger charge is 2.27. The number of ether oxygens (including phenoxy) is 1. The van der Waals surface area contributed by atoms with Crippen LogP contribution in [0.25, 0.3) is 0 Å². The normalized spacial score (nSPS) is 17.2. The van der Waals surface area contributed by atoms with E-state index in [1.54, 1.807) is 6.07 Å². The Balaban J connectivity index is 1.63. The zero-order valence-electron chi connectivity index (χ0n) is 15.1. The lowest BCUT2D eigenvalue weighted by Crippen LogP contribution is -2.48. The van der Waals surface area contributed by atoms with Gasteiger partial charge in [0.1, 0.15) is 11.6 Å². The van der Waals surface area contributed by atoms with Crippen LogP contribution in [0, 0.1) is 5.82 Å². The van der Waals surface area contributed by atoms with E-state index >= 15 is 0 Å². The molecule has 1 aliphatic rings. The van der Waals surface area contributed by atoms with Gasteiger partial charge in [0.2, 0.25) is 5.91 Å². The third-order valence-corrected chi connectivity index (χ3v) is 4.66. The first-order valence-electron chi connectivity index (χ1n) is 9.14. The minimum Gasteiger partial charge on any atom is -0.494 e. The van der Waals surface area contributed by atoms with Crippen molar-refractivity contribution in [2.75, 3.05) is 26.2 Å². The molecule has 0 bridgehead atoms. The lowest BCUT2D eigenvalue weighted by atomic mass is 10.0. The standard InChI is InChI=1S/C21H25FN2O2/c1-2-26-19-9-6-16(7-10-19)8-11-21(25)24-13-12-23-15-20(24)17-4-3-5-18(22)14-17/h3-7,9-10,14,20,23H,2,8,11-13,15H2,1H3. The van der Waals surface area contributed by atoms with E-state index in [2.05, 4.69) is 5.32 Å². The van der Waals surface area contributed by atoms with Gasteiger partial charge in [-0.3, -0.25) is 4.79 Å². The van der Waals surface area contributed by atoms with Gasteiger partial charge in [-0.15, -0.1) is 0 Å². The van der Waals surface area contributed by atoms with Crippen molar-refractivity contribution in [1.82, 2.24) is 10.2 Å². The molecule has 0 aromatic heterocycles. The van der Waals surface area contributed by atoms with Crippen LogP contribution in [-0.2, 0) is 11.2 Å². The minimum absolute atomic E-state index is 0.106. The van der Waals surface area contributed by atoms with Crippen molar-refractivity contribution in [2.45, 2.75) is 25.8 Å². The van der Waals surface area contributed by atoms with E-state index in [1.807, 2.05) is 42.2 Å². The number of hydrogen-bond donors (Lipinski definition) is 1. The highest BCUT2D eigenvalue weighted by Crippen LogP contribution is 2.24. The second-order valence-corrected chi connectivity index (χ2v) is 6.44. The van der Waals surface area contributed by atoms with E-state index in [0.29, 0.717) is 32.5 Å². The first-order chi connectivity index (χ1) is 12.7. The van der Waals surface area contributed by atoms with Gasteiger partial charge >= 0.3 is 0 Å². The maximum absolute atomic E-state index is 13.6. The fraction of sp³-hybridized carbons (Fsp3) is 0.381. The molecule has 1 aliphatic heterocycles. The predicted octanol–water partition coefficient (Wildman–Crippen LogP) is 3.33. The van der Waals surface area contributed by atoms with Crippen molar-refractivity contribution < 1.29 is 13.9 Å². The second kappa shape index (κ2) is 8.81. The molecule has 138 valence electrons. The molecule has 3 rings (SSSR count). The van der Waals surface area contributed by atoms with Gasteiger partial charge in [-0.05, 0) is 48.7 Å². The minimum atomic E-state index is -0.269. The number of rotatable bonds is 6. The summed E-state index contributed by atoms with van der Waals surface area (Å²) in [7, 11) is 0. The molecule has 1 fully saturated rings. The maximum atomic E-state index is 13.6. The van der Waals surface area contributed by atoms with Gasteiger partial charge in [0.15, 0.2) is 0 Å². The summed E-state index contributed by atoms with van der Waals surface area (Å²) in [6.07, 6.45) is 1.13. The summed E-state index contributed by atoms with van der Waals surface area (Å²) in [6.45, 7) is 4.65. The molecule has 26 heavy (non-hydrogen) atoms. The number of nitrogens with zero attached hydrogens (tertiary/aromatic N) is 1. The molecule has 0 aliphatic carbocycles. The van der Waals surface area contributed by atoms with Gasteiger partial charge in [0.05, 0.1) is 12.6 Å². The smallest absolute Gasteiger partial charge is 0.223 e. The molecule has 1 atom stereocenters. The van der Waals surface area contributed by atoms with Crippen LogP contribution >= 0.6 is 0 Å². The molecule has 2 aromatic carbocycles. The molecule has 0 radical (unpaired) electrons. The number of benzene rings is 2. The predicted molar refractivity (Wildman–Crippen MR) is 99.7 cm³/mol. The topological polar surface area (TPSA) is 41.6 Å². The molecular weight excluding hydrogens is 331 g/mol. The van der Waals surface area contributed by atoms with E-state index in [4.69, 9.17) is 4.74 Å². The molecule has 1 N–H and O–H groups in total. The Bertz CT molecular complexity index is 733. The number of hydrogen-bond acceptors (Lipinski definition) is 3. The number of carbonyl (C=O) groups is 1. The lowest BCUT2D eigenvalue weighted by molar-refractivity contribution is -0.134. The molecular formula is C21H25FN2O2. The first-order valence-corrected chi connectivity index (χ1v) is 9.14. The van der Waals surface area contributed by atoms with Crippen LogP contribution in [0.3, 0.4) is 0 Å².